The fourth-order valence-corrected chi connectivity index (χ4v) is 1.19. The van der Waals surface area contributed by atoms with E-state index in [9.17, 15) is 5.11 Å². The number of nitrogens with zero attached hydrogens (tertiary/aromatic N) is 1. The van der Waals surface area contributed by atoms with Crippen LogP contribution in [0.1, 0.15) is 20.8 Å². The van der Waals surface area contributed by atoms with E-state index in [-0.39, 0.29) is 5.41 Å². The number of halogens is 1. The molecule has 0 spiro atoms. The highest BCUT2D eigenvalue weighted by molar-refractivity contribution is 9.10. The van der Waals surface area contributed by atoms with Crippen LogP contribution in [0.15, 0.2) is 22.8 Å². The lowest BCUT2D eigenvalue weighted by Crippen LogP contribution is -2.33. The Hall–Kier alpha value is -0.610. The molecule has 1 aromatic heterocycles. The van der Waals surface area contributed by atoms with Gasteiger partial charge in [-0.25, -0.2) is 4.98 Å². The van der Waals surface area contributed by atoms with Gasteiger partial charge in [0.15, 0.2) is 0 Å². The second-order valence-electron chi connectivity index (χ2n) is 4.26. The first-order valence-electron chi connectivity index (χ1n) is 4.47. The minimum Gasteiger partial charge on any atom is -0.373 e. The van der Waals surface area contributed by atoms with Gasteiger partial charge in [0.05, 0.1) is 0 Å². The Kier molecular flexibility index (Phi) is 3.50. The van der Waals surface area contributed by atoms with Gasteiger partial charge >= 0.3 is 0 Å². The molecule has 0 amide bonds. The van der Waals surface area contributed by atoms with E-state index in [0.717, 1.165) is 4.60 Å². The molecule has 78 valence electrons. The van der Waals surface area contributed by atoms with Crippen LogP contribution in [-0.4, -0.2) is 16.3 Å². The fraction of sp³-hybridized carbons (Fsp3) is 0.500. The number of anilines is 1. The van der Waals surface area contributed by atoms with Crippen molar-refractivity contribution in [3.05, 3.63) is 22.8 Å². The molecule has 0 aliphatic heterocycles. The average molecular weight is 259 g/mol. The normalized spacial score (nSPS) is 13.8. The van der Waals surface area contributed by atoms with Crippen LogP contribution in [0.2, 0.25) is 0 Å². The molecule has 1 unspecified atom stereocenters. The minimum absolute atomic E-state index is 0.204. The average Bonchev–Trinajstić information content (AvgIpc) is 2.02. The van der Waals surface area contributed by atoms with Crippen molar-refractivity contribution in [2.45, 2.75) is 27.0 Å². The second-order valence-corrected chi connectivity index (χ2v) is 5.07. The number of aliphatic hydroxyl groups excluding tert-OH is 1. The van der Waals surface area contributed by atoms with Crippen molar-refractivity contribution in [3.8, 4) is 0 Å². The lowest BCUT2D eigenvalue weighted by Gasteiger charge is -2.26. The molecular formula is C10H15BrN2O. The summed E-state index contributed by atoms with van der Waals surface area (Å²) < 4.78 is 0.753. The number of hydrogen-bond donors (Lipinski definition) is 2. The quantitative estimate of drug-likeness (QED) is 0.634. The highest BCUT2D eigenvalue weighted by atomic mass is 79.9. The van der Waals surface area contributed by atoms with Crippen molar-refractivity contribution < 1.29 is 5.11 Å². The van der Waals surface area contributed by atoms with Gasteiger partial charge in [-0.2, -0.15) is 0 Å². The Morgan fingerprint density at radius 1 is 1.43 bits per heavy atom. The lowest BCUT2D eigenvalue weighted by molar-refractivity contribution is 0.0877. The third-order valence-corrected chi connectivity index (χ3v) is 2.26. The Bertz CT molecular complexity index is 309. The Morgan fingerprint density at radius 2 is 2.07 bits per heavy atom. The van der Waals surface area contributed by atoms with Crippen LogP contribution < -0.4 is 5.32 Å². The van der Waals surface area contributed by atoms with E-state index in [1.807, 2.05) is 39.0 Å². The molecule has 2 N–H and O–H groups in total. The maximum atomic E-state index is 9.76. The first kappa shape index (κ1) is 11.5. The van der Waals surface area contributed by atoms with Crippen molar-refractivity contribution in [3.63, 3.8) is 0 Å². The first-order chi connectivity index (χ1) is 6.39. The predicted molar refractivity (Wildman–Crippen MR) is 61.0 cm³/mol. The van der Waals surface area contributed by atoms with Gasteiger partial charge in [0, 0.05) is 5.41 Å². The number of aliphatic hydroxyl groups is 1. The maximum absolute atomic E-state index is 9.76. The van der Waals surface area contributed by atoms with Crippen molar-refractivity contribution in [1.82, 2.24) is 4.98 Å². The van der Waals surface area contributed by atoms with E-state index in [4.69, 9.17) is 0 Å². The van der Waals surface area contributed by atoms with E-state index in [0.29, 0.717) is 5.82 Å². The summed E-state index contributed by atoms with van der Waals surface area (Å²) >= 11 is 3.27. The van der Waals surface area contributed by atoms with Crippen molar-refractivity contribution in [1.29, 1.82) is 0 Å². The molecule has 1 aromatic rings. The van der Waals surface area contributed by atoms with Gasteiger partial charge in [-0.05, 0) is 28.1 Å². The first-order valence-corrected chi connectivity index (χ1v) is 5.26. The lowest BCUT2D eigenvalue weighted by atomic mass is 9.94. The van der Waals surface area contributed by atoms with Crippen LogP contribution >= 0.6 is 15.9 Å². The third kappa shape index (κ3) is 3.27. The van der Waals surface area contributed by atoms with Crippen molar-refractivity contribution >= 4 is 21.7 Å². The van der Waals surface area contributed by atoms with Crippen LogP contribution in [0.3, 0.4) is 0 Å². The van der Waals surface area contributed by atoms with Crippen LogP contribution in [0.5, 0.6) is 0 Å². The van der Waals surface area contributed by atoms with Gasteiger partial charge in [-0.1, -0.05) is 26.8 Å². The number of rotatable bonds is 2. The predicted octanol–water partition coefficient (Wildman–Crippen LogP) is 2.62. The summed E-state index contributed by atoms with van der Waals surface area (Å²) in [7, 11) is 0. The molecule has 0 bridgehead atoms. The molecule has 1 heterocycles. The monoisotopic (exact) mass is 258 g/mol. The molecule has 0 aliphatic rings. The van der Waals surface area contributed by atoms with Crippen LogP contribution in [0.25, 0.3) is 0 Å². The zero-order valence-corrected chi connectivity index (χ0v) is 10.2. The third-order valence-electron chi connectivity index (χ3n) is 1.82. The fourth-order valence-electron chi connectivity index (χ4n) is 0.845. The molecule has 3 nitrogen and oxygen atoms in total. The summed E-state index contributed by atoms with van der Waals surface area (Å²) in [5, 5.41) is 12.7. The van der Waals surface area contributed by atoms with Gasteiger partial charge in [-0.15, -0.1) is 0 Å². The summed E-state index contributed by atoms with van der Waals surface area (Å²) in [5.41, 5.74) is -0.204. The molecule has 0 radical (unpaired) electrons. The topological polar surface area (TPSA) is 45.1 Å². The maximum Gasteiger partial charge on any atom is 0.130 e. The summed E-state index contributed by atoms with van der Waals surface area (Å²) in [6.45, 7) is 5.88. The van der Waals surface area contributed by atoms with Crippen LogP contribution in [-0.2, 0) is 0 Å². The Labute approximate surface area is 92.7 Å². The molecule has 0 saturated heterocycles. The highest BCUT2D eigenvalue weighted by Crippen LogP contribution is 2.20. The van der Waals surface area contributed by atoms with Gasteiger partial charge in [0.25, 0.3) is 0 Å². The number of pyridine rings is 1. The van der Waals surface area contributed by atoms with Crippen molar-refractivity contribution in [2.75, 3.05) is 5.32 Å². The molecule has 0 fully saturated rings. The summed E-state index contributed by atoms with van der Waals surface area (Å²) in [5.74, 6) is 0.668. The molecule has 0 aromatic carbocycles. The second kappa shape index (κ2) is 4.28. The van der Waals surface area contributed by atoms with Gasteiger partial charge in [0.2, 0.25) is 0 Å². The van der Waals surface area contributed by atoms with Crippen molar-refractivity contribution in [2.24, 2.45) is 5.41 Å². The zero-order valence-electron chi connectivity index (χ0n) is 8.58. The largest absolute Gasteiger partial charge is 0.373 e. The molecule has 1 atom stereocenters. The van der Waals surface area contributed by atoms with Gasteiger partial charge < -0.3 is 10.4 Å². The van der Waals surface area contributed by atoms with E-state index in [1.54, 1.807) is 0 Å². The summed E-state index contributed by atoms with van der Waals surface area (Å²) in [4.78, 5) is 4.17. The smallest absolute Gasteiger partial charge is 0.130 e. The Balaban J connectivity index is 2.70. The zero-order chi connectivity index (χ0) is 10.8. The molecule has 0 aliphatic carbocycles. The molecule has 1 rings (SSSR count). The van der Waals surface area contributed by atoms with Crippen LogP contribution in [0.4, 0.5) is 5.82 Å². The highest BCUT2D eigenvalue weighted by Gasteiger charge is 2.21. The summed E-state index contributed by atoms with van der Waals surface area (Å²) in [6, 6.07) is 5.53. The standard InChI is InChI=1S/C10H15BrN2O/c1-10(2,3)9(14)13-8-6-4-5-7(11)12-8/h4-6,9,14H,1-3H3,(H,12,13). The summed E-state index contributed by atoms with van der Waals surface area (Å²) in [6.07, 6.45) is -0.607. The molecular weight excluding hydrogens is 244 g/mol. The number of hydrogen-bond acceptors (Lipinski definition) is 3. The Morgan fingerprint density at radius 3 is 2.57 bits per heavy atom. The molecule has 4 heteroatoms. The van der Waals surface area contributed by atoms with Gasteiger partial charge in [0.1, 0.15) is 16.6 Å². The van der Waals surface area contributed by atoms with E-state index in [1.165, 1.54) is 0 Å². The van der Waals surface area contributed by atoms with E-state index < -0.39 is 6.23 Å². The van der Waals surface area contributed by atoms with Crippen LogP contribution in [0, 0.1) is 5.41 Å². The number of aromatic nitrogens is 1. The van der Waals surface area contributed by atoms with Gasteiger partial charge in [-0.3, -0.25) is 0 Å². The molecule has 0 saturated carbocycles. The SMILES string of the molecule is CC(C)(C)C(O)Nc1cccc(Br)n1. The van der Waals surface area contributed by atoms with E-state index >= 15 is 0 Å². The minimum atomic E-state index is -0.607. The molecule has 14 heavy (non-hydrogen) atoms. The number of nitrogens with one attached hydrogen (secondary N) is 1. The van der Waals surface area contributed by atoms with E-state index in [2.05, 4.69) is 26.2 Å².